The average Bonchev–Trinajstić information content (AvgIpc) is 3.16. The normalized spacial score (nSPS) is 16.8. The second-order valence-electron chi connectivity index (χ2n) is 6.65. The molecule has 0 radical (unpaired) electrons. The highest BCUT2D eigenvalue weighted by Gasteiger charge is 2.33. The van der Waals surface area contributed by atoms with E-state index >= 15 is 0 Å². The summed E-state index contributed by atoms with van der Waals surface area (Å²) in [7, 11) is 1.47. The summed E-state index contributed by atoms with van der Waals surface area (Å²) in [5.41, 5.74) is -0.191. The van der Waals surface area contributed by atoms with E-state index in [1.165, 1.54) is 13.1 Å². The third kappa shape index (κ3) is 4.84. The van der Waals surface area contributed by atoms with Crippen molar-refractivity contribution in [2.75, 3.05) is 13.6 Å². The lowest BCUT2D eigenvalue weighted by Crippen LogP contribution is -2.43. The van der Waals surface area contributed by atoms with Gasteiger partial charge in [-0.05, 0) is 30.9 Å². The summed E-state index contributed by atoms with van der Waals surface area (Å²) < 4.78 is 28.9. The highest BCUT2D eigenvalue weighted by Crippen LogP contribution is 2.39. The van der Waals surface area contributed by atoms with E-state index in [1.54, 1.807) is 6.92 Å². The van der Waals surface area contributed by atoms with Gasteiger partial charge in [0, 0.05) is 19.2 Å². The first-order valence-corrected chi connectivity index (χ1v) is 9.12. The monoisotopic (exact) mass is 387 g/mol. The molecule has 1 aromatic rings. The van der Waals surface area contributed by atoms with Crippen molar-refractivity contribution in [3.8, 4) is 0 Å². The summed E-state index contributed by atoms with van der Waals surface area (Å²) in [6, 6.07) is 1.10. The quantitative estimate of drug-likeness (QED) is 0.653. The van der Waals surface area contributed by atoms with Crippen molar-refractivity contribution >= 4 is 23.5 Å². The molecule has 0 aliphatic heterocycles. The fourth-order valence-corrected chi connectivity index (χ4v) is 3.43. The molecule has 0 unspecified atom stereocenters. The molecule has 0 bridgehead atoms. The third-order valence-corrected chi connectivity index (χ3v) is 5.09. The maximum Gasteiger partial charge on any atom is 0.314 e. The van der Waals surface area contributed by atoms with Gasteiger partial charge in [0.05, 0.1) is 17.0 Å². The molecule has 1 saturated carbocycles. The molecule has 0 heterocycles. The fourth-order valence-electron chi connectivity index (χ4n) is 3.27. The van der Waals surface area contributed by atoms with Crippen LogP contribution in [0.2, 0.25) is 5.02 Å². The van der Waals surface area contributed by atoms with Gasteiger partial charge >= 0.3 is 6.03 Å². The maximum atomic E-state index is 14.5. The van der Waals surface area contributed by atoms with Gasteiger partial charge in [0.15, 0.2) is 0 Å². The fraction of sp³-hybridized carbons (Fsp3) is 0.556. The average molecular weight is 388 g/mol. The number of benzene rings is 1. The molecule has 144 valence electrons. The number of halogens is 3. The van der Waals surface area contributed by atoms with Crippen LogP contribution in [0.4, 0.5) is 13.6 Å². The van der Waals surface area contributed by atoms with Crippen LogP contribution in [0.1, 0.15) is 44.2 Å². The van der Waals surface area contributed by atoms with Crippen molar-refractivity contribution in [2.45, 2.75) is 38.6 Å². The molecule has 2 atom stereocenters. The molecule has 1 fully saturated rings. The summed E-state index contributed by atoms with van der Waals surface area (Å²) >= 11 is 5.83. The first-order chi connectivity index (χ1) is 12.3. The molecule has 3 amide bonds. The van der Waals surface area contributed by atoms with Gasteiger partial charge in [-0.25, -0.2) is 13.6 Å². The number of rotatable bonds is 6. The van der Waals surface area contributed by atoms with Crippen molar-refractivity contribution in [3.05, 3.63) is 34.4 Å². The zero-order chi connectivity index (χ0) is 19.3. The Bertz CT molecular complexity index is 666. The molecule has 5 nitrogen and oxygen atoms in total. The number of hydrogen-bond donors (Lipinski definition) is 3. The minimum Gasteiger partial charge on any atom is -0.349 e. The highest BCUT2D eigenvalue weighted by molar-refractivity contribution is 6.30. The smallest absolute Gasteiger partial charge is 0.314 e. The third-order valence-electron chi connectivity index (χ3n) is 4.80. The summed E-state index contributed by atoms with van der Waals surface area (Å²) in [5.74, 6) is -2.54. The first kappa shape index (κ1) is 20.4. The van der Waals surface area contributed by atoms with Crippen molar-refractivity contribution in [1.29, 1.82) is 0 Å². The number of carbonyl (C=O) groups is 2. The molecule has 8 heteroatoms. The molecule has 1 aliphatic rings. The summed E-state index contributed by atoms with van der Waals surface area (Å²) in [6.07, 6.45) is 3.46. The van der Waals surface area contributed by atoms with E-state index in [0.717, 1.165) is 31.7 Å². The lowest BCUT2D eigenvalue weighted by molar-refractivity contribution is -0.125. The Labute approximate surface area is 156 Å². The lowest BCUT2D eigenvalue weighted by atomic mass is 9.90. The van der Waals surface area contributed by atoms with Gasteiger partial charge in [0.1, 0.15) is 11.6 Å². The van der Waals surface area contributed by atoms with Gasteiger partial charge in [-0.2, -0.15) is 0 Å². The van der Waals surface area contributed by atoms with E-state index in [9.17, 15) is 18.4 Å². The molecular formula is C18H24ClF2N3O2. The molecule has 0 aromatic heterocycles. The number of nitrogens with one attached hydrogen (secondary N) is 3. The Kier molecular flexibility index (Phi) is 7.20. The number of amides is 3. The summed E-state index contributed by atoms with van der Waals surface area (Å²) in [4.78, 5) is 23.8. The lowest BCUT2D eigenvalue weighted by Gasteiger charge is -2.27. The Balaban J connectivity index is 2.20. The van der Waals surface area contributed by atoms with Crippen LogP contribution in [0.15, 0.2) is 12.1 Å². The maximum absolute atomic E-state index is 14.5. The number of urea groups is 1. The van der Waals surface area contributed by atoms with Crippen LogP contribution >= 0.6 is 11.6 Å². The second-order valence-corrected chi connectivity index (χ2v) is 7.06. The largest absolute Gasteiger partial charge is 0.349 e. The minimum atomic E-state index is -0.833. The summed E-state index contributed by atoms with van der Waals surface area (Å²) in [6.45, 7) is 1.76. The topological polar surface area (TPSA) is 70.2 Å². The van der Waals surface area contributed by atoms with Gasteiger partial charge in [0.2, 0.25) is 5.91 Å². The molecule has 1 aliphatic carbocycles. The zero-order valence-electron chi connectivity index (χ0n) is 14.9. The molecule has 0 saturated heterocycles. The Morgan fingerprint density at radius 3 is 2.54 bits per heavy atom. The Morgan fingerprint density at radius 1 is 1.27 bits per heavy atom. The van der Waals surface area contributed by atoms with Gasteiger partial charge < -0.3 is 16.0 Å². The van der Waals surface area contributed by atoms with E-state index < -0.39 is 29.6 Å². The van der Waals surface area contributed by atoms with Crippen LogP contribution in [0.5, 0.6) is 0 Å². The molecule has 0 spiro atoms. The van der Waals surface area contributed by atoms with E-state index in [4.69, 9.17) is 11.6 Å². The predicted molar refractivity (Wildman–Crippen MR) is 95.8 cm³/mol. The van der Waals surface area contributed by atoms with Crippen molar-refractivity contribution in [3.63, 3.8) is 0 Å². The molecule has 3 N–H and O–H groups in total. The predicted octanol–water partition coefficient (Wildman–Crippen LogP) is 3.53. The SMILES string of the molecule is CNC(=O)NC[C@H](C)C(=O)N[C@H](c1c(F)ccc(Cl)c1F)C1CCCC1. The van der Waals surface area contributed by atoms with Crippen LogP contribution in [0, 0.1) is 23.5 Å². The van der Waals surface area contributed by atoms with Gasteiger partial charge in [-0.1, -0.05) is 31.4 Å². The van der Waals surface area contributed by atoms with Crippen LogP contribution in [-0.2, 0) is 4.79 Å². The molecular weight excluding hydrogens is 364 g/mol. The van der Waals surface area contributed by atoms with E-state index in [2.05, 4.69) is 16.0 Å². The summed E-state index contributed by atoms with van der Waals surface area (Å²) in [5, 5.41) is 7.55. The van der Waals surface area contributed by atoms with E-state index in [1.807, 2.05) is 0 Å². The van der Waals surface area contributed by atoms with E-state index in [-0.39, 0.29) is 29.0 Å². The van der Waals surface area contributed by atoms with Crippen LogP contribution < -0.4 is 16.0 Å². The van der Waals surface area contributed by atoms with Crippen LogP contribution in [0.3, 0.4) is 0 Å². The molecule has 1 aromatic carbocycles. The van der Waals surface area contributed by atoms with Crippen molar-refractivity contribution in [1.82, 2.24) is 16.0 Å². The molecule has 2 rings (SSSR count). The zero-order valence-corrected chi connectivity index (χ0v) is 15.6. The molecule has 26 heavy (non-hydrogen) atoms. The Morgan fingerprint density at radius 2 is 1.92 bits per heavy atom. The minimum absolute atomic E-state index is 0.0551. The van der Waals surface area contributed by atoms with Gasteiger partial charge in [-0.15, -0.1) is 0 Å². The van der Waals surface area contributed by atoms with Crippen molar-refractivity contribution in [2.24, 2.45) is 11.8 Å². The van der Waals surface area contributed by atoms with Crippen LogP contribution in [-0.4, -0.2) is 25.5 Å². The van der Waals surface area contributed by atoms with Gasteiger partial charge in [-0.3, -0.25) is 4.79 Å². The second kappa shape index (κ2) is 9.16. The van der Waals surface area contributed by atoms with Crippen molar-refractivity contribution < 1.29 is 18.4 Å². The van der Waals surface area contributed by atoms with Gasteiger partial charge in [0.25, 0.3) is 0 Å². The number of hydrogen-bond acceptors (Lipinski definition) is 2. The highest BCUT2D eigenvalue weighted by atomic mass is 35.5. The van der Waals surface area contributed by atoms with Crippen LogP contribution in [0.25, 0.3) is 0 Å². The van der Waals surface area contributed by atoms with E-state index in [0.29, 0.717) is 0 Å². The number of carbonyl (C=O) groups excluding carboxylic acids is 2. The Hall–Kier alpha value is -1.89. The first-order valence-electron chi connectivity index (χ1n) is 8.74. The standard InChI is InChI=1S/C18H24ClF2N3O2/c1-10(9-23-18(26)22-2)17(25)24-16(11-5-3-4-6-11)14-13(20)8-7-12(19)15(14)21/h7-8,10-11,16H,3-6,9H2,1-2H3,(H,24,25)(H2,22,23,26)/t10-,16-/m0/s1.